The molecule has 2 heterocycles. The van der Waals surface area contributed by atoms with Crippen molar-refractivity contribution in [2.75, 3.05) is 0 Å². The van der Waals surface area contributed by atoms with Gasteiger partial charge in [0, 0.05) is 52.3 Å². The number of nitrogens with zero attached hydrogens (tertiary/aromatic N) is 1. The Labute approximate surface area is 189 Å². The highest BCUT2D eigenvalue weighted by molar-refractivity contribution is 6.35. The van der Waals surface area contributed by atoms with Crippen LogP contribution in [0.1, 0.15) is 21.5 Å². The van der Waals surface area contributed by atoms with Crippen LogP contribution in [0, 0.1) is 0 Å². The van der Waals surface area contributed by atoms with E-state index < -0.39 is 0 Å². The zero-order chi connectivity index (χ0) is 21.4. The van der Waals surface area contributed by atoms with Gasteiger partial charge in [-0.2, -0.15) is 0 Å². The lowest BCUT2D eigenvalue weighted by Gasteiger charge is -2.24. The number of carbonyl (C=O) groups excluding carboxylic acids is 1. The van der Waals surface area contributed by atoms with E-state index in [2.05, 4.69) is 9.97 Å². The van der Waals surface area contributed by atoms with Gasteiger partial charge >= 0.3 is 0 Å². The minimum absolute atomic E-state index is 0.160. The molecule has 0 unspecified atom stereocenters. The normalized spacial score (nSPS) is 11.3. The van der Waals surface area contributed by atoms with Crippen LogP contribution in [0.5, 0.6) is 0 Å². The number of benzene rings is 3. The fraction of sp³-hybridized carbons (Fsp3) is 0.0800. The van der Waals surface area contributed by atoms with Crippen LogP contribution in [-0.4, -0.2) is 20.8 Å². The van der Waals surface area contributed by atoms with E-state index >= 15 is 0 Å². The van der Waals surface area contributed by atoms with Crippen LogP contribution < -0.4 is 0 Å². The van der Waals surface area contributed by atoms with Gasteiger partial charge in [-0.1, -0.05) is 47.5 Å². The van der Waals surface area contributed by atoms with Crippen molar-refractivity contribution in [2.24, 2.45) is 0 Å². The molecule has 0 spiro atoms. The maximum atomic E-state index is 13.6. The monoisotopic (exact) mass is 447 g/mol. The van der Waals surface area contributed by atoms with E-state index in [4.69, 9.17) is 23.2 Å². The number of carbonyl (C=O) groups is 1. The molecule has 2 aromatic heterocycles. The fourth-order valence-corrected chi connectivity index (χ4v) is 4.39. The topological polar surface area (TPSA) is 51.9 Å². The summed E-state index contributed by atoms with van der Waals surface area (Å²) in [6.07, 6.45) is 3.82. The van der Waals surface area contributed by atoms with E-state index in [0.717, 1.165) is 32.9 Å². The number of aromatic nitrogens is 2. The van der Waals surface area contributed by atoms with Gasteiger partial charge < -0.3 is 14.9 Å². The molecule has 5 aromatic rings. The molecule has 0 fully saturated rings. The largest absolute Gasteiger partial charge is 0.361 e. The highest BCUT2D eigenvalue weighted by Gasteiger charge is 2.21. The zero-order valence-electron chi connectivity index (χ0n) is 16.5. The number of H-pyrrole nitrogens is 2. The maximum absolute atomic E-state index is 13.6. The first-order chi connectivity index (χ1) is 15.1. The van der Waals surface area contributed by atoms with Gasteiger partial charge in [0.25, 0.3) is 5.91 Å². The van der Waals surface area contributed by atoms with E-state index in [1.54, 1.807) is 18.2 Å². The molecule has 31 heavy (non-hydrogen) atoms. The van der Waals surface area contributed by atoms with Crippen LogP contribution in [0.15, 0.2) is 79.1 Å². The second kappa shape index (κ2) is 8.14. The van der Waals surface area contributed by atoms with Crippen molar-refractivity contribution in [3.8, 4) is 0 Å². The number of nitrogens with one attached hydrogen (secondary N) is 2. The van der Waals surface area contributed by atoms with E-state index in [0.29, 0.717) is 28.7 Å². The molecule has 0 aliphatic carbocycles. The zero-order valence-corrected chi connectivity index (χ0v) is 18.0. The third kappa shape index (κ3) is 3.80. The Bertz CT molecular complexity index is 1330. The Kier molecular flexibility index (Phi) is 5.18. The first kappa shape index (κ1) is 19.7. The number of halogens is 2. The van der Waals surface area contributed by atoms with Crippen molar-refractivity contribution < 1.29 is 4.79 Å². The molecule has 0 saturated heterocycles. The van der Waals surface area contributed by atoms with Crippen LogP contribution in [0.3, 0.4) is 0 Å². The maximum Gasteiger partial charge on any atom is 0.256 e. The number of aromatic amines is 2. The summed E-state index contributed by atoms with van der Waals surface area (Å²) < 4.78 is 0. The third-order valence-electron chi connectivity index (χ3n) is 5.54. The predicted molar refractivity (Wildman–Crippen MR) is 127 cm³/mol. The van der Waals surface area contributed by atoms with Crippen molar-refractivity contribution in [3.63, 3.8) is 0 Å². The molecule has 0 radical (unpaired) electrons. The van der Waals surface area contributed by atoms with Gasteiger partial charge in [0.1, 0.15) is 0 Å². The van der Waals surface area contributed by atoms with E-state index in [1.807, 2.05) is 65.8 Å². The molecular weight excluding hydrogens is 429 g/mol. The van der Waals surface area contributed by atoms with Crippen LogP contribution in [0.2, 0.25) is 10.0 Å². The Morgan fingerprint density at radius 2 is 1.35 bits per heavy atom. The van der Waals surface area contributed by atoms with Gasteiger partial charge in [0.15, 0.2) is 0 Å². The second-order valence-electron chi connectivity index (χ2n) is 7.50. The molecule has 0 aliphatic heterocycles. The molecule has 3 aromatic carbocycles. The third-order valence-corrected chi connectivity index (χ3v) is 6.10. The summed E-state index contributed by atoms with van der Waals surface area (Å²) in [4.78, 5) is 21.9. The highest BCUT2D eigenvalue weighted by atomic mass is 35.5. The molecule has 154 valence electrons. The van der Waals surface area contributed by atoms with Gasteiger partial charge in [-0.05, 0) is 53.6 Å². The molecular formula is C25H19Cl2N3O. The Morgan fingerprint density at radius 1 is 0.774 bits per heavy atom. The number of hydrogen-bond donors (Lipinski definition) is 2. The van der Waals surface area contributed by atoms with Gasteiger partial charge in [-0.25, -0.2) is 0 Å². The summed E-state index contributed by atoms with van der Waals surface area (Å²) in [7, 11) is 0. The van der Waals surface area contributed by atoms with Crippen molar-refractivity contribution in [1.29, 1.82) is 0 Å². The standard InChI is InChI=1S/C25H19Cl2N3O/c26-18-7-8-22(27)21(13-18)25(31)30(14-16-3-1-5-23-19(16)9-11-28-23)15-17-4-2-6-24-20(17)10-12-29-24/h1-13,28-29H,14-15H2. The molecule has 6 heteroatoms. The van der Waals surface area contributed by atoms with Gasteiger partial charge in [-0.3, -0.25) is 4.79 Å². The average molecular weight is 448 g/mol. The van der Waals surface area contributed by atoms with Crippen molar-refractivity contribution in [3.05, 3.63) is 106 Å². The molecule has 0 saturated carbocycles. The van der Waals surface area contributed by atoms with E-state index in [1.165, 1.54) is 0 Å². The lowest BCUT2D eigenvalue weighted by atomic mass is 10.1. The Balaban J connectivity index is 1.58. The van der Waals surface area contributed by atoms with Gasteiger partial charge in [-0.15, -0.1) is 0 Å². The first-order valence-corrected chi connectivity index (χ1v) is 10.7. The average Bonchev–Trinajstić information content (AvgIpc) is 3.44. The summed E-state index contributed by atoms with van der Waals surface area (Å²) in [5.74, 6) is -0.160. The number of hydrogen-bond acceptors (Lipinski definition) is 1. The minimum Gasteiger partial charge on any atom is -0.361 e. The molecule has 5 rings (SSSR count). The number of rotatable bonds is 5. The Morgan fingerprint density at radius 3 is 1.94 bits per heavy atom. The Hall–Kier alpha value is -3.21. The smallest absolute Gasteiger partial charge is 0.256 e. The molecule has 0 bridgehead atoms. The summed E-state index contributed by atoms with van der Waals surface area (Å²) in [6.45, 7) is 0.884. The SMILES string of the molecule is O=C(c1cc(Cl)ccc1Cl)N(Cc1cccc2[nH]ccc12)Cc1cccc2[nH]ccc12. The van der Waals surface area contributed by atoms with Crippen molar-refractivity contribution >= 4 is 50.9 Å². The molecule has 2 N–H and O–H groups in total. The van der Waals surface area contributed by atoms with E-state index in [9.17, 15) is 4.79 Å². The molecule has 0 aliphatic rings. The summed E-state index contributed by atoms with van der Waals surface area (Å²) >= 11 is 12.6. The van der Waals surface area contributed by atoms with Crippen molar-refractivity contribution in [2.45, 2.75) is 13.1 Å². The predicted octanol–water partition coefficient (Wildman–Crippen LogP) is 6.80. The summed E-state index contributed by atoms with van der Waals surface area (Å²) in [5, 5.41) is 3.06. The second-order valence-corrected chi connectivity index (χ2v) is 8.34. The number of fused-ring (bicyclic) bond motifs is 2. The summed E-state index contributed by atoms with van der Waals surface area (Å²) in [5.41, 5.74) is 4.60. The van der Waals surface area contributed by atoms with Crippen LogP contribution in [0.4, 0.5) is 0 Å². The number of amides is 1. The van der Waals surface area contributed by atoms with E-state index in [-0.39, 0.29) is 5.91 Å². The van der Waals surface area contributed by atoms with Gasteiger partial charge in [0.05, 0.1) is 10.6 Å². The summed E-state index contributed by atoms with van der Waals surface area (Å²) in [6, 6.07) is 21.2. The van der Waals surface area contributed by atoms with Crippen LogP contribution in [-0.2, 0) is 13.1 Å². The molecule has 0 atom stereocenters. The first-order valence-electron chi connectivity index (χ1n) is 9.94. The quantitative estimate of drug-likeness (QED) is 0.305. The molecule has 4 nitrogen and oxygen atoms in total. The fourth-order valence-electron chi connectivity index (χ4n) is 4.02. The van der Waals surface area contributed by atoms with Crippen molar-refractivity contribution in [1.82, 2.24) is 14.9 Å². The minimum atomic E-state index is -0.160. The molecule has 1 amide bonds. The van der Waals surface area contributed by atoms with Crippen LogP contribution in [0.25, 0.3) is 21.8 Å². The lowest BCUT2D eigenvalue weighted by molar-refractivity contribution is 0.0731. The highest BCUT2D eigenvalue weighted by Crippen LogP contribution is 2.27. The lowest BCUT2D eigenvalue weighted by Crippen LogP contribution is -2.30. The van der Waals surface area contributed by atoms with Gasteiger partial charge in [0.2, 0.25) is 0 Å². The van der Waals surface area contributed by atoms with Crippen LogP contribution >= 0.6 is 23.2 Å².